The molecule has 0 radical (unpaired) electrons. The minimum atomic E-state index is -4.43. The number of fused-ring (bicyclic) bond motifs is 1. The van der Waals surface area contributed by atoms with Crippen LogP contribution >= 0.6 is 11.8 Å². The second-order valence-corrected chi connectivity index (χ2v) is 20.1. The third-order valence-corrected chi connectivity index (χ3v) is 13.8. The summed E-state index contributed by atoms with van der Waals surface area (Å²) in [7, 11) is 25.5. The van der Waals surface area contributed by atoms with Crippen LogP contribution in [0.25, 0.3) is 11.1 Å². The average molecular weight is 809 g/mol. The van der Waals surface area contributed by atoms with Gasteiger partial charge in [0, 0.05) is 23.6 Å². The number of halogens is 4. The highest BCUT2D eigenvalue weighted by Crippen LogP contribution is 2.35. The van der Waals surface area contributed by atoms with Crippen molar-refractivity contribution < 1.29 is 22.4 Å². The van der Waals surface area contributed by atoms with E-state index in [2.05, 4.69) is 86.5 Å². The lowest BCUT2D eigenvalue weighted by atomic mass is 9.33. The summed E-state index contributed by atoms with van der Waals surface area (Å²) < 4.78 is 56.2. The molecule has 3 aromatic carbocycles. The molecule has 0 bridgehead atoms. The molecular formula is C36H50B12F4N4O2S. The van der Waals surface area contributed by atoms with Crippen LogP contribution in [-0.4, -0.2) is 141 Å². The van der Waals surface area contributed by atoms with E-state index in [0.717, 1.165) is 62.8 Å². The minimum absolute atomic E-state index is 0.0361. The summed E-state index contributed by atoms with van der Waals surface area (Å²) in [4.78, 5) is 37.9. The molecule has 0 aliphatic heterocycles. The molecule has 0 unspecified atom stereocenters. The fourth-order valence-electron chi connectivity index (χ4n) is 9.74. The average Bonchev–Trinajstić information content (AvgIpc) is 3.61. The van der Waals surface area contributed by atoms with Crippen molar-refractivity contribution in [3.63, 3.8) is 0 Å². The van der Waals surface area contributed by atoms with E-state index >= 15 is 4.79 Å². The smallest absolute Gasteiger partial charge is 0.347 e. The first-order valence-electron chi connectivity index (χ1n) is 20.5. The van der Waals surface area contributed by atoms with Gasteiger partial charge >= 0.3 is 6.18 Å². The number of rotatable bonds is 13. The van der Waals surface area contributed by atoms with Gasteiger partial charge in [-0.3, -0.25) is 9.59 Å². The van der Waals surface area contributed by atoms with Crippen LogP contribution in [0.4, 0.5) is 17.6 Å². The predicted octanol–water partition coefficient (Wildman–Crippen LogP) is -8.07. The molecule has 1 aliphatic carbocycles. The molecule has 0 atom stereocenters. The first-order valence-corrected chi connectivity index (χ1v) is 21.4. The first kappa shape index (κ1) is 46.9. The van der Waals surface area contributed by atoms with Crippen LogP contribution in [0.2, 0.25) is 0 Å². The molecule has 0 saturated heterocycles. The molecule has 1 heterocycles. The Balaban J connectivity index is 1.66. The Kier molecular flexibility index (Phi) is 13.5. The molecule has 0 saturated carbocycles. The van der Waals surface area contributed by atoms with Gasteiger partial charge in [0.25, 0.3) is 5.56 Å². The van der Waals surface area contributed by atoms with Crippen molar-refractivity contribution in [1.29, 1.82) is 0 Å². The molecule has 4 aromatic rings. The van der Waals surface area contributed by atoms with E-state index in [1.807, 2.05) is 40.9 Å². The van der Waals surface area contributed by atoms with Gasteiger partial charge in [-0.2, -0.15) is 18.2 Å². The second-order valence-electron chi connectivity index (χ2n) is 19.2. The fraction of sp³-hybridized carbons (Fsp3) is 0.361. The predicted molar refractivity (Wildman–Crippen MR) is 269 cm³/mol. The molecule has 23 heteroatoms. The summed E-state index contributed by atoms with van der Waals surface area (Å²) >= 11 is 1.37. The maximum atomic E-state index is 15.5. The zero-order chi connectivity index (χ0) is 44.2. The Labute approximate surface area is 362 Å². The lowest BCUT2D eigenvalue weighted by Crippen LogP contribution is -2.81. The van der Waals surface area contributed by atoms with Crippen molar-refractivity contribution in [1.82, 2.24) is 19.4 Å². The van der Waals surface area contributed by atoms with E-state index in [0.29, 0.717) is 34.9 Å². The van der Waals surface area contributed by atoms with Crippen molar-refractivity contribution in [2.75, 3.05) is 0 Å². The molecule has 0 N–H and O–H groups in total. The quantitative estimate of drug-likeness (QED) is 0.0583. The number of aromatic nitrogens is 2. The summed E-state index contributed by atoms with van der Waals surface area (Å²) in [6.45, 7) is 4.63. The number of thioether (sulfide) groups is 1. The largest absolute Gasteiger partial charge is 0.416 e. The Hall–Kier alpha value is -3.18. The highest BCUT2D eigenvalue weighted by molar-refractivity contribution is 7.98. The number of benzene rings is 3. The zero-order valence-electron chi connectivity index (χ0n) is 37.4. The Bertz CT molecular complexity index is 2260. The standard InChI is InChI=1S/C36H50B12F4N4O2S/c1-32(41,42)56(33(2,43)44)36(47,48)35(45,46)55(14-22-26(37)28(39)25(29(40)27(22)38)18-8-10-19(11-9-18)34(50,51)52)24(57)15-54-23-5-3-4-21(23)30(58)53-31(54)59-16-17-6-12-20(49)13-7-17/h6-13H,3-5,14-16,37-48H2,1-2H3. The molecular weight excluding hydrogens is 758 g/mol. The molecule has 1 aliphatic rings. The summed E-state index contributed by atoms with van der Waals surface area (Å²) in [5.74, 6) is -0.0184. The number of carbonyl (C=O) groups is 1. The van der Waals surface area contributed by atoms with E-state index < -0.39 is 22.4 Å². The van der Waals surface area contributed by atoms with Crippen molar-refractivity contribution in [2.24, 2.45) is 0 Å². The highest BCUT2D eigenvalue weighted by atomic mass is 32.2. The van der Waals surface area contributed by atoms with Crippen LogP contribution in [0.15, 0.2) is 58.5 Å². The minimum Gasteiger partial charge on any atom is -0.347 e. The summed E-state index contributed by atoms with van der Waals surface area (Å²) in [6.07, 6.45) is -2.38. The van der Waals surface area contributed by atoms with Crippen LogP contribution in [0, 0.1) is 5.82 Å². The zero-order valence-corrected chi connectivity index (χ0v) is 38.2. The van der Waals surface area contributed by atoms with Crippen LogP contribution < -0.4 is 27.4 Å². The topological polar surface area (TPSA) is 58.4 Å². The van der Waals surface area contributed by atoms with Gasteiger partial charge in [0.1, 0.15) is 107 Å². The maximum absolute atomic E-state index is 15.5. The first-order chi connectivity index (χ1) is 27.1. The van der Waals surface area contributed by atoms with Gasteiger partial charge in [-0.25, -0.2) is 4.39 Å². The number of alkyl halides is 3. The summed E-state index contributed by atoms with van der Waals surface area (Å²) in [6, 6.07) is 11.6. The number of nitrogens with zero attached hydrogens (tertiary/aromatic N) is 4. The lowest BCUT2D eigenvalue weighted by molar-refractivity contribution is -0.137. The van der Waals surface area contributed by atoms with Crippen LogP contribution in [0.3, 0.4) is 0 Å². The van der Waals surface area contributed by atoms with Crippen LogP contribution in [0.1, 0.15) is 48.2 Å². The van der Waals surface area contributed by atoms with Crippen molar-refractivity contribution in [3.05, 3.63) is 92.6 Å². The maximum Gasteiger partial charge on any atom is 0.416 e. The van der Waals surface area contributed by atoms with Gasteiger partial charge in [-0.05, 0) is 87.1 Å². The Morgan fingerprint density at radius 3 is 1.85 bits per heavy atom. The summed E-state index contributed by atoms with van der Waals surface area (Å²) in [5, 5.41) is -1.52. The molecule has 59 heavy (non-hydrogen) atoms. The van der Waals surface area contributed by atoms with Gasteiger partial charge in [0.05, 0.1) is 5.56 Å². The summed E-state index contributed by atoms with van der Waals surface area (Å²) in [5.41, 5.74) is 7.81. The molecule has 0 fully saturated rings. The Morgan fingerprint density at radius 1 is 0.797 bits per heavy atom. The number of hydrogen-bond acceptors (Lipinski definition) is 5. The number of hydrogen-bond donors (Lipinski definition) is 0. The van der Waals surface area contributed by atoms with Crippen molar-refractivity contribution >= 4 is 134 Å². The van der Waals surface area contributed by atoms with Gasteiger partial charge < -0.3 is 14.4 Å². The third kappa shape index (κ3) is 9.51. The van der Waals surface area contributed by atoms with E-state index in [-0.39, 0.29) is 41.0 Å². The highest BCUT2D eigenvalue weighted by Gasteiger charge is 2.52. The monoisotopic (exact) mass is 810 g/mol. The molecule has 6 nitrogen and oxygen atoms in total. The van der Waals surface area contributed by atoms with Gasteiger partial charge in [0.2, 0.25) is 5.91 Å². The molecule has 0 spiro atoms. The van der Waals surface area contributed by atoms with Gasteiger partial charge in [-0.1, -0.05) is 71.7 Å². The third-order valence-electron chi connectivity index (χ3n) is 12.7. The van der Waals surface area contributed by atoms with E-state index in [1.54, 1.807) is 12.1 Å². The molecule has 1 aromatic heterocycles. The van der Waals surface area contributed by atoms with Crippen LogP contribution in [0.5, 0.6) is 0 Å². The number of carbonyl (C=O) groups excluding carboxylic acids is 1. The van der Waals surface area contributed by atoms with E-state index in [4.69, 9.17) is 0 Å². The van der Waals surface area contributed by atoms with E-state index in [1.165, 1.54) is 36.0 Å². The van der Waals surface area contributed by atoms with Crippen molar-refractivity contribution in [3.8, 4) is 11.1 Å². The molecule has 5 rings (SSSR count). The van der Waals surface area contributed by atoms with Crippen LogP contribution in [-0.2, 0) is 42.7 Å². The van der Waals surface area contributed by atoms with Gasteiger partial charge in [0.15, 0.2) is 5.16 Å². The molecule has 1 amide bonds. The van der Waals surface area contributed by atoms with E-state index in [9.17, 15) is 22.4 Å². The fourth-order valence-corrected chi connectivity index (χ4v) is 10.7. The molecule has 296 valence electrons. The SMILES string of the molecule is Bc1c(B)c(-c2ccc(C(F)(F)F)cc2)c(B)c(B)c1CN(C(=O)Cn1c(SCc2ccc(F)cc2)nc(=O)c2c1CCC2)C(B)(B)C(B)(B)N(C(B)(B)C)C(B)(B)C. The van der Waals surface area contributed by atoms with Gasteiger partial charge in [-0.15, -0.1) is 0 Å². The Morgan fingerprint density at radius 2 is 1.34 bits per heavy atom. The number of amides is 1. The second kappa shape index (κ2) is 16.9. The van der Waals surface area contributed by atoms with Crippen molar-refractivity contribution in [2.45, 2.75) is 84.6 Å². The lowest BCUT2D eigenvalue weighted by Gasteiger charge is -2.64. The normalized spacial score (nSPS) is 13.7.